The molecule has 2 rings (SSSR count). The van der Waals surface area contributed by atoms with Crippen molar-refractivity contribution in [3.8, 4) is 12.3 Å². The van der Waals surface area contributed by atoms with Crippen LogP contribution in [0.25, 0.3) is 0 Å². The zero-order valence-electron chi connectivity index (χ0n) is 14.2. The van der Waals surface area contributed by atoms with Gasteiger partial charge in [-0.25, -0.2) is 0 Å². The Morgan fingerprint density at radius 2 is 2.05 bits per heavy atom. The largest absolute Gasteiger partial charge is 0.458 e. The van der Waals surface area contributed by atoms with Crippen molar-refractivity contribution >= 4 is 11.8 Å². The van der Waals surface area contributed by atoms with E-state index in [1.165, 1.54) is 5.57 Å². The van der Waals surface area contributed by atoms with E-state index >= 15 is 0 Å². The van der Waals surface area contributed by atoms with Crippen LogP contribution in [0.5, 0.6) is 0 Å². The van der Waals surface area contributed by atoms with Crippen molar-refractivity contribution in [2.75, 3.05) is 0 Å². The second kappa shape index (κ2) is 5.57. The van der Waals surface area contributed by atoms with E-state index < -0.39 is 5.60 Å². The summed E-state index contributed by atoms with van der Waals surface area (Å²) in [5, 5.41) is 0. The minimum absolute atomic E-state index is 0.0745. The van der Waals surface area contributed by atoms with E-state index in [0.717, 1.165) is 0 Å². The van der Waals surface area contributed by atoms with Crippen LogP contribution < -0.4 is 0 Å². The van der Waals surface area contributed by atoms with Crippen LogP contribution in [0.4, 0.5) is 0 Å². The molecule has 3 heteroatoms. The van der Waals surface area contributed by atoms with E-state index in [4.69, 9.17) is 11.2 Å². The van der Waals surface area contributed by atoms with Gasteiger partial charge in [0.05, 0.1) is 11.8 Å². The second-order valence-electron chi connectivity index (χ2n) is 7.73. The van der Waals surface area contributed by atoms with Crippen LogP contribution in [-0.2, 0) is 14.3 Å². The quantitative estimate of drug-likeness (QED) is 0.453. The summed E-state index contributed by atoms with van der Waals surface area (Å²) >= 11 is 0. The second-order valence-corrected chi connectivity index (χ2v) is 7.73. The molecule has 0 aromatic carbocycles. The molecule has 0 aromatic heterocycles. The fraction of sp³-hybridized carbons (Fsp3) is 0.684. The van der Waals surface area contributed by atoms with E-state index in [-0.39, 0.29) is 34.9 Å². The predicted octanol–water partition coefficient (Wildman–Crippen LogP) is 3.53. The van der Waals surface area contributed by atoms with Crippen LogP contribution in [0.3, 0.4) is 0 Å². The van der Waals surface area contributed by atoms with Crippen LogP contribution >= 0.6 is 0 Å². The maximum atomic E-state index is 12.6. The van der Waals surface area contributed by atoms with Gasteiger partial charge in [0.25, 0.3) is 0 Å². The topological polar surface area (TPSA) is 43.4 Å². The highest BCUT2D eigenvalue weighted by Crippen LogP contribution is 2.60. The van der Waals surface area contributed by atoms with Crippen molar-refractivity contribution in [2.45, 2.75) is 59.5 Å². The fourth-order valence-corrected chi connectivity index (χ4v) is 3.72. The normalized spacial score (nSPS) is 35.6. The summed E-state index contributed by atoms with van der Waals surface area (Å²) in [6, 6.07) is 0. The number of hydrogen-bond donors (Lipinski definition) is 0. The Morgan fingerprint density at radius 1 is 1.41 bits per heavy atom. The zero-order valence-corrected chi connectivity index (χ0v) is 14.2. The minimum atomic E-state index is -0.741. The Kier molecular flexibility index (Phi) is 4.26. The summed E-state index contributed by atoms with van der Waals surface area (Å²) in [5.41, 5.74) is 0.393. The predicted molar refractivity (Wildman–Crippen MR) is 85.9 cm³/mol. The van der Waals surface area contributed by atoms with E-state index in [1.54, 1.807) is 0 Å². The molecule has 2 aliphatic rings. The van der Waals surface area contributed by atoms with Crippen LogP contribution in [-0.4, -0.2) is 17.4 Å². The van der Waals surface area contributed by atoms with Gasteiger partial charge in [-0.15, -0.1) is 12.3 Å². The molecule has 4 atom stereocenters. The van der Waals surface area contributed by atoms with E-state index in [0.29, 0.717) is 19.3 Å². The molecule has 0 heterocycles. The van der Waals surface area contributed by atoms with Crippen LogP contribution in [0.1, 0.15) is 53.9 Å². The SMILES string of the molecule is C#CC[C@@H]1C(=O)CCC1(C)OC(=O)C1C(C=C(C)C)C1(C)C. The molecule has 0 bridgehead atoms. The number of carbonyl (C=O) groups excluding carboxylic acids is 2. The lowest BCUT2D eigenvalue weighted by Gasteiger charge is -2.29. The van der Waals surface area contributed by atoms with Crippen LogP contribution in [0.2, 0.25) is 0 Å². The minimum Gasteiger partial charge on any atom is -0.458 e. The average molecular weight is 302 g/mol. The number of ketones is 1. The zero-order chi connectivity index (χ0) is 16.7. The molecule has 3 unspecified atom stereocenters. The summed E-state index contributed by atoms with van der Waals surface area (Å²) in [6.45, 7) is 10.1. The summed E-state index contributed by atoms with van der Waals surface area (Å²) in [7, 11) is 0. The lowest BCUT2D eigenvalue weighted by molar-refractivity contribution is -0.164. The molecule has 3 nitrogen and oxygen atoms in total. The van der Waals surface area contributed by atoms with Crippen molar-refractivity contribution in [1.82, 2.24) is 0 Å². The van der Waals surface area contributed by atoms with Crippen molar-refractivity contribution in [2.24, 2.45) is 23.2 Å². The molecule has 22 heavy (non-hydrogen) atoms. The van der Waals surface area contributed by atoms with Gasteiger partial charge in [0, 0.05) is 12.8 Å². The van der Waals surface area contributed by atoms with E-state index in [1.807, 2.05) is 20.8 Å². The Labute approximate surface area is 133 Å². The first-order valence-corrected chi connectivity index (χ1v) is 7.97. The van der Waals surface area contributed by atoms with Crippen LogP contribution in [0, 0.1) is 35.5 Å². The smallest absolute Gasteiger partial charge is 0.310 e. The maximum Gasteiger partial charge on any atom is 0.310 e. The lowest BCUT2D eigenvalue weighted by Crippen LogP contribution is -2.38. The van der Waals surface area contributed by atoms with Crippen molar-refractivity contribution in [1.29, 1.82) is 0 Å². The Balaban J connectivity index is 2.11. The molecule has 2 fully saturated rings. The molecule has 0 amide bonds. The van der Waals surface area contributed by atoms with E-state index in [9.17, 15) is 9.59 Å². The van der Waals surface area contributed by atoms with E-state index in [2.05, 4.69) is 25.8 Å². The molecular weight excluding hydrogens is 276 g/mol. The Hall–Kier alpha value is -1.56. The number of hydrogen-bond acceptors (Lipinski definition) is 3. The number of terminal acetylenes is 1. The highest BCUT2D eigenvalue weighted by atomic mass is 16.6. The molecule has 2 aliphatic carbocycles. The maximum absolute atomic E-state index is 12.6. The standard InChI is InChI=1S/C19H26O3/c1-7-8-13-15(20)9-10-19(13,6)22-17(21)16-14(11-12(2)3)18(16,4)5/h1,11,13-14,16H,8-10H2,2-6H3/t13-,14?,16?,19?/m1/s1. The molecule has 0 aliphatic heterocycles. The first-order valence-electron chi connectivity index (χ1n) is 7.97. The molecule has 2 saturated carbocycles. The number of esters is 1. The molecule has 0 aromatic rings. The number of Topliss-reactive ketones (excluding diaryl/α,β-unsaturated/α-hetero) is 1. The van der Waals surface area contributed by atoms with Gasteiger partial charge in [-0.1, -0.05) is 25.5 Å². The van der Waals surface area contributed by atoms with Gasteiger partial charge < -0.3 is 4.74 Å². The molecule has 0 radical (unpaired) electrons. The number of carbonyl (C=O) groups is 2. The van der Waals surface area contributed by atoms with Gasteiger partial charge in [-0.3, -0.25) is 9.59 Å². The van der Waals surface area contributed by atoms with Gasteiger partial charge in [0.2, 0.25) is 0 Å². The third-order valence-corrected chi connectivity index (χ3v) is 5.33. The Morgan fingerprint density at radius 3 is 2.59 bits per heavy atom. The molecule has 0 spiro atoms. The van der Waals surface area contributed by atoms with Gasteiger partial charge >= 0.3 is 5.97 Å². The van der Waals surface area contributed by atoms with Crippen molar-refractivity contribution in [3.63, 3.8) is 0 Å². The third kappa shape index (κ3) is 2.84. The monoisotopic (exact) mass is 302 g/mol. The number of allylic oxidation sites excluding steroid dienone is 2. The third-order valence-electron chi connectivity index (χ3n) is 5.33. The van der Waals surface area contributed by atoms with Crippen molar-refractivity contribution in [3.05, 3.63) is 11.6 Å². The summed E-state index contributed by atoms with van der Waals surface area (Å²) in [5.74, 6) is 2.21. The van der Waals surface area contributed by atoms with Gasteiger partial charge in [-0.2, -0.15) is 0 Å². The average Bonchev–Trinajstić information content (AvgIpc) is 2.81. The van der Waals surface area contributed by atoms with Crippen molar-refractivity contribution < 1.29 is 14.3 Å². The first-order chi connectivity index (χ1) is 10.1. The highest BCUT2D eigenvalue weighted by Gasteiger charge is 2.62. The highest BCUT2D eigenvalue weighted by molar-refractivity contribution is 5.86. The van der Waals surface area contributed by atoms with Gasteiger partial charge in [0.15, 0.2) is 0 Å². The van der Waals surface area contributed by atoms with Crippen LogP contribution in [0.15, 0.2) is 11.6 Å². The summed E-state index contributed by atoms with van der Waals surface area (Å²) in [6.07, 6.45) is 8.87. The van der Waals surface area contributed by atoms with Gasteiger partial charge in [0.1, 0.15) is 11.4 Å². The first kappa shape index (κ1) is 16.8. The fourth-order valence-electron chi connectivity index (χ4n) is 3.72. The Bertz CT molecular complexity index is 560. The molecule has 0 N–H and O–H groups in total. The lowest BCUT2D eigenvalue weighted by atomic mass is 9.89. The molecule has 120 valence electrons. The molecular formula is C19H26O3. The molecule has 0 saturated heterocycles. The summed E-state index contributed by atoms with van der Waals surface area (Å²) < 4.78 is 5.82. The summed E-state index contributed by atoms with van der Waals surface area (Å²) in [4.78, 5) is 24.6. The number of rotatable bonds is 4. The van der Waals surface area contributed by atoms with Gasteiger partial charge in [-0.05, 0) is 38.5 Å². The number of ether oxygens (including phenoxy) is 1.